The van der Waals surface area contributed by atoms with E-state index in [9.17, 15) is 15.3 Å². The standard InChI is InChI=1S/C15H24O3/c1-6-14(4,17)8-7-12-13(2,3)9-11(16)10-15(12,5)18/h6,8,11,16-18H,1,9-10H2,2-5H3/t7?,11-,14?,15?/m0/s1. The van der Waals surface area contributed by atoms with Gasteiger partial charge in [0.15, 0.2) is 0 Å². The van der Waals surface area contributed by atoms with Crippen LogP contribution < -0.4 is 0 Å². The predicted molar refractivity (Wildman–Crippen MR) is 72.1 cm³/mol. The van der Waals surface area contributed by atoms with Gasteiger partial charge < -0.3 is 15.3 Å². The third kappa shape index (κ3) is 3.33. The molecule has 0 aromatic carbocycles. The molecule has 3 nitrogen and oxygen atoms in total. The summed E-state index contributed by atoms with van der Waals surface area (Å²) in [6, 6.07) is 0. The molecule has 3 heteroatoms. The lowest BCUT2D eigenvalue weighted by molar-refractivity contribution is -0.0269. The first-order valence-electron chi connectivity index (χ1n) is 6.25. The summed E-state index contributed by atoms with van der Waals surface area (Å²) in [5.74, 6) is 0. The lowest BCUT2D eigenvalue weighted by atomic mass is 9.65. The maximum Gasteiger partial charge on any atom is 0.105 e. The van der Waals surface area contributed by atoms with Crippen LogP contribution in [0.15, 0.2) is 30.0 Å². The van der Waals surface area contributed by atoms with Crippen LogP contribution in [0.25, 0.3) is 0 Å². The molecular formula is C15H24O3. The van der Waals surface area contributed by atoms with Crippen molar-refractivity contribution in [2.45, 2.75) is 57.8 Å². The molecule has 1 fully saturated rings. The predicted octanol–water partition coefficient (Wildman–Crippen LogP) is 1.94. The Morgan fingerprint density at radius 3 is 2.39 bits per heavy atom. The molecule has 0 spiro atoms. The van der Waals surface area contributed by atoms with Crippen molar-refractivity contribution in [2.75, 3.05) is 0 Å². The van der Waals surface area contributed by atoms with Gasteiger partial charge in [0.1, 0.15) is 5.60 Å². The van der Waals surface area contributed by atoms with Crippen molar-refractivity contribution < 1.29 is 15.3 Å². The summed E-state index contributed by atoms with van der Waals surface area (Å²) in [6.07, 6.45) is 3.28. The van der Waals surface area contributed by atoms with Crippen molar-refractivity contribution in [3.63, 3.8) is 0 Å². The van der Waals surface area contributed by atoms with E-state index in [1.807, 2.05) is 13.8 Å². The summed E-state index contributed by atoms with van der Waals surface area (Å²) in [7, 11) is 0. The summed E-state index contributed by atoms with van der Waals surface area (Å²) in [4.78, 5) is 0. The fourth-order valence-corrected chi connectivity index (χ4v) is 2.68. The number of aliphatic hydroxyl groups excluding tert-OH is 1. The van der Waals surface area contributed by atoms with Crippen molar-refractivity contribution in [3.8, 4) is 0 Å². The first-order chi connectivity index (χ1) is 8.00. The highest BCUT2D eigenvalue weighted by Gasteiger charge is 2.44. The summed E-state index contributed by atoms with van der Waals surface area (Å²) in [6.45, 7) is 10.8. The van der Waals surface area contributed by atoms with Gasteiger partial charge in [0.25, 0.3) is 0 Å². The topological polar surface area (TPSA) is 60.7 Å². The minimum absolute atomic E-state index is 0.294. The molecule has 1 saturated carbocycles. The van der Waals surface area contributed by atoms with Crippen LogP contribution in [-0.4, -0.2) is 32.6 Å². The molecule has 0 aromatic rings. The van der Waals surface area contributed by atoms with Gasteiger partial charge in [-0.15, -0.1) is 5.73 Å². The molecule has 0 aliphatic heterocycles. The van der Waals surface area contributed by atoms with Gasteiger partial charge in [-0.1, -0.05) is 26.5 Å². The van der Waals surface area contributed by atoms with Crippen molar-refractivity contribution >= 4 is 0 Å². The number of rotatable bonds is 2. The molecule has 18 heavy (non-hydrogen) atoms. The first kappa shape index (κ1) is 15.2. The maximum atomic E-state index is 10.4. The van der Waals surface area contributed by atoms with Gasteiger partial charge >= 0.3 is 0 Å². The molecule has 1 aliphatic carbocycles. The van der Waals surface area contributed by atoms with Crippen molar-refractivity contribution in [2.24, 2.45) is 5.41 Å². The monoisotopic (exact) mass is 252 g/mol. The van der Waals surface area contributed by atoms with Crippen LogP contribution in [0.1, 0.15) is 40.5 Å². The number of aliphatic hydroxyl groups is 3. The first-order valence-corrected chi connectivity index (χ1v) is 6.25. The van der Waals surface area contributed by atoms with Crippen LogP contribution in [0.4, 0.5) is 0 Å². The van der Waals surface area contributed by atoms with Gasteiger partial charge in [0.05, 0.1) is 11.7 Å². The molecule has 0 radical (unpaired) electrons. The van der Waals surface area contributed by atoms with E-state index in [4.69, 9.17) is 0 Å². The summed E-state index contributed by atoms with van der Waals surface area (Å²) in [5, 5.41) is 30.1. The van der Waals surface area contributed by atoms with E-state index >= 15 is 0 Å². The van der Waals surface area contributed by atoms with Gasteiger partial charge in [-0.2, -0.15) is 0 Å². The van der Waals surface area contributed by atoms with Crippen LogP contribution in [0.3, 0.4) is 0 Å². The molecule has 0 aromatic heterocycles. The summed E-state index contributed by atoms with van der Waals surface area (Å²) >= 11 is 0. The lowest BCUT2D eigenvalue weighted by Gasteiger charge is -2.43. The number of hydrogen-bond acceptors (Lipinski definition) is 3. The van der Waals surface area contributed by atoms with E-state index in [1.54, 1.807) is 13.8 Å². The van der Waals surface area contributed by atoms with Gasteiger partial charge in [-0.3, -0.25) is 0 Å². The van der Waals surface area contributed by atoms with Crippen molar-refractivity contribution in [1.82, 2.24) is 0 Å². The Labute approximate surface area is 109 Å². The van der Waals surface area contributed by atoms with Crippen LogP contribution in [0, 0.1) is 5.41 Å². The average molecular weight is 252 g/mol. The third-order valence-electron chi connectivity index (χ3n) is 3.52. The smallest absolute Gasteiger partial charge is 0.105 e. The Hall–Kier alpha value is -0.860. The Balaban J connectivity index is 3.26. The second-order valence-corrected chi connectivity index (χ2v) is 6.31. The zero-order valence-electron chi connectivity index (χ0n) is 11.7. The Kier molecular flexibility index (Phi) is 3.94. The van der Waals surface area contributed by atoms with E-state index in [1.165, 1.54) is 12.2 Å². The highest BCUT2D eigenvalue weighted by atomic mass is 16.3. The summed E-state index contributed by atoms with van der Waals surface area (Å²) in [5.41, 5.74) is 1.14. The highest BCUT2D eigenvalue weighted by molar-refractivity contribution is 5.27. The zero-order valence-corrected chi connectivity index (χ0v) is 11.7. The average Bonchev–Trinajstić information content (AvgIpc) is 2.12. The molecule has 3 atom stereocenters. The molecule has 3 N–H and O–H groups in total. The van der Waals surface area contributed by atoms with Crippen molar-refractivity contribution in [1.29, 1.82) is 0 Å². The highest BCUT2D eigenvalue weighted by Crippen LogP contribution is 2.45. The Morgan fingerprint density at radius 2 is 1.94 bits per heavy atom. The summed E-state index contributed by atoms with van der Waals surface area (Å²) < 4.78 is 0. The lowest BCUT2D eigenvalue weighted by Crippen LogP contribution is -2.45. The van der Waals surface area contributed by atoms with Gasteiger partial charge in [0.2, 0.25) is 0 Å². The fraction of sp³-hybridized carbons (Fsp3) is 0.667. The molecule has 1 aliphatic rings. The third-order valence-corrected chi connectivity index (χ3v) is 3.52. The normalized spacial score (nSPS) is 34.4. The van der Waals surface area contributed by atoms with Gasteiger partial charge in [-0.25, -0.2) is 0 Å². The molecular weight excluding hydrogens is 228 g/mol. The van der Waals surface area contributed by atoms with Crippen LogP contribution >= 0.6 is 0 Å². The molecule has 0 heterocycles. The molecule has 1 rings (SSSR count). The SMILES string of the molecule is C=CC(C)(O)C=C=C1C(C)(C)C[C@H](O)CC1(C)O. The minimum Gasteiger partial charge on any atom is -0.393 e. The van der Waals surface area contributed by atoms with Gasteiger partial charge in [-0.05, 0) is 31.8 Å². The second kappa shape index (κ2) is 4.67. The van der Waals surface area contributed by atoms with E-state index in [0.29, 0.717) is 18.4 Å². The largest absolute Gasteiger partial charge is 0.393 e. The van der Waals surface area contributed by atoms with E-state index < -0.39 is 17.3 Å². The minimum atomic E-state index is -1.14. The molecule has 0 amide bonds. The van der Waals surface area contributed by atoms with Crippen LogP contribution in [0.2, 0.25) is 0 Å². The van der Waals surface area contributed by atoms with E-state index in [2.05, 4.69) is 12.3 Å². The number of hydrogen-bond donors (Lipinski definition) is 3. The Bertz CT molecular complexity index is 376. The zero-order chi connectivity index (χ0) is 14.2. The molecule has 102 valence electrons. The molecule has 0 bridgehead atoms. The maximum absolute atomic E-state index is 10.4. The van der Waals surface area contributed by atoms with E-state index in [0.717, 1.165) is 0 Å². The van der Waals surface area contributed by atoms with Crippen LogP contribution in [-0.2, 0) is 0 Å². The van der Waals surface area contributed by atoms with Crippen LogP contribution in [0.5, 0.6) is 0 Å². The molecule has 2 unspecified atom stereocenters. The van der Waals surface area contributed by atoms with E-state index in [-0.39, 0.29) is 5.41 Å². The quantitative estimate of drug-likeness (QED) is 0.520. The van der Waals surface area contributed by atoms with Gasteiger partial charge in [0, 0.05) is 12.0 Å². The fourth-order valence-electron chi connectivity index (χ4n) is 2.68. The molecule has 0 saturated heterocycles. The Morgan fingerprint density at radius 1 is 1.39 bits per heavy atom. The second-order valence-electron chi connectivity index (χ2n) is 6.31. The van der Waals surface area contributed by atoms with Crippen molar-refractivity contribution in [3.05, 3.63) is 30.0 Å².